The maximum absolute atomic E-state index is 12.5. The Morgan fingerprint density at radius 2 is 2.32 bits per heavy atom. The van der Waals surface area contributed by atoms with Crippen molar-refractivity contribution in [2.24, 2.45) is 16.6 Å². The summed E-state index contributed by atoms with van der Waals surface area (Å²) >= 11 is 3.08. The maximum atomic E-state index is 12.5. The molecule has 1 saturated carbocycles. The molecule has 2 aromatic rings. The first-order valence-corrected chi connectivity index (χ1v) is 11.3. The largest absolute Gasteiger partial charge is 0.379 e. The monoisotopic (exact) mass is 418 g/mol. The van der Waals surface area contributed by atoms with Gasteiger partial charge in [-0.05, 0) is 32.3 Å². The molecule has 0 unspecified atom stereocenters. The second kappa shape index (κ2) is 6.85. The Kier molecular flexibility index (Phi) is 4.44. The van der Waals surface area contributed by atoms with Gasteiger partial charge in [-0.1, -0.05) is 11.8 Å². The van der Waals surface area contributed by atoms with Gasteiger partial charge in [-0.3, -0.25) is 9.48 Å². The zero-order valence-corrected chi connectivity index (χ0v) is 17.1. The van der Waals surface area contributed by atoms with Crippen molar-refractivity contribution in [2.75, 3.05) is 17.7 Å². The summed E-state index contributed by atoms with van der Waals surface area (Å²) in [5.41, 5.74) is 5.90. The van der Waals surface area contributed by atoms with Crippen molar-refractivity contribution >= 4 is 40.0 Å². The number of thiazole rings is 1. The molecule has 3 atom stereocenters. The van der Waals surface area contributed by atoms with Crippen LogP contribution in [0, 0.1) is 5.92 Å². The Morgan fingerprint density at radius 1 is 1.46 bits per heavy atom. The highest BCUT2D eigenvalue weighted by Gasteiger charge is 2.49. The molecule has 10 heteroatoms. The van der Waals surface area contributed by atoms with Gasteiger partial charge in [-0.25, -0.2) is 9.98 Å². The molecule has 0 bridgehead atoms. The van der Waals surface area contributed by atoms with Crippen molar-refractivity contribution in [3.8, 4) is 0 Å². The van der Waals surface area contributed by atoms with Crippen molar-refractivity contribution < 1.29 is 9.53 Å². The second-order valence-electron chi connectivity index (χ2n) is 7.64. The van der Waals surface area contributed by atoms with E-state index in [1.807, 2.05) is 16.3 Å². The predicted molar refractivity (Wildman–Crippen MR) is 110 cm³/mol. The molecule has 3 aliphatic rings. The number of carbonyl (C=O) groups is 1. The van der Waals surface area contributed by atoms with Gasteiger partial charge in [0, 0.05) is 23.2 Å². The molecule has 2 aromatic heterocycles. The molecule has 28 heavy (non-hydrogen) atoms. The molecule has 148 valence electrons. The van der Waals surface area contributed by atoms with E-state index in [0.717, 1.165) is 30.0 Å². The molecule has 0 aromatic carbocycles. The van der Waals surface area contributed by atoms with Gasteiger partial charge in [0.1, 0.15) is 16.4 Å². The third-order valence-electron chi connectivity index (χ3n) is 5.50. The van der Waals surface area contributed by atoms with E-state index in [1.54, 1.807) is 17.8 Å². The Morgan fingerprint density at radius 3 is 3.14 bits per heavy atom. The number of aliphatic imine (C=N–C) groups is 1. The molecule has 1 aliphatic carbocycles. The summed E-state index contributed by atoms with van der Waals surface area (Å²) in [7, 11) is 0. The topological polar surface area (TPSA) is 107 Å². The molecule has 2 fully saturated rings. The van der Waals surface area contributed by atoms with Crippen molar-refractivity contribution in [1.29, 1.82) is 0 Å². The quantitative estimate of drug-likeness (QED) is 0.790. The van der Waals surface area contributed by atoms with Crippen LogP contribution in [-0.2, 0) is 10.3 Å². The van der Waals surface area contributed by atoms with Crippen molar-refractivity contribution in [3.05, 3.63) is 28.3 Å². The number of aromatic nitrogens is 3. The van der Waals surface area contributed by atoms with Crippen LogP contribution >= 0.6 is 23.1 Å². The second-order valence-corrected chi connectivity index (χ2v) is 9.54. The summed E-state index contributed by atoms with van der Waals surface area (Å²) in [6.07, 6.45) is 5.24. The lowest BCUT2D eigenvalue weighted by Crippen LogP contribution is -2.49. The Hall–Kier alpha value is -1.91. The summed E-state index contributed by atoms with van der Waals surface area (Å²) in [4.78, 5) is 22.0. The zero-order valence-electron chi connectivity index (χ0n) is 15.5. The van der Waals surface area contributed by atoms with E-state index in [-0.39, 0.29) is 12.0 Å². The number of nitrogens with one attached hydrogen (secondary N) is 1. The highest BCUT2D eigenvalue weighted by Crippen LogP contribution is 2.47. The Labute approximate surface area is 171 Å². The van der Waals surface area contributed by atoms with E-state index in [1.165, 1.54) is 11.3 Å². The van der Waals surface area contributed by atoms with Gasteiger partial charge in [0.15, 0.2) is 10.9 Å². The summed E-state index contributed by atoms with van der Waals surface area (Å²) in [5, 5.41) is 10.5. The SMILES string of the molecule is C[C@H]1C[C@H]2CSC(N)=N[C@@]2(c2nc(NC(=O)c3ccn(C4CC4)n3)cs2)CO1. The average molecular weight is 419 g/mol. The first-order chi connectivity index (χ1) is 13.5. The first-order valence-electron chi connectivity index (χ1n) is 9.46. The number of anilines is 1. The summed E-state index contributed by atoms with van der Waals surface area (Å²) < 4.78 is 7.80. The third kappa shape index (κ3) is 3.23. The smallest absolute Gasteiger partial charge is 0.277 e. The fraction of sp³-hybridized carbons (Fsp3) is 0.556. The molecular formula is C18H22N6O2S2. The van der Waals surface area contributed by atoms with Gasteiger partial charge in [-0.2, -0.15) is 5.10 Å². The van der Waals surface area contributed by atoms with Gasteiger partial charge < -0.3 is 15.8 Å². The maximum Gasteiger partial charge on any atom is 0.277 e. The van der Waals surface area contributed by atoms with Crippen LogP contribution < -0.4 is 11.1 Å². The van der Waals surface area contributed by atoms with E-state index >= 15 is 0 Å². The van der Waals surface area contributed by atoms with Crippen LogP contribution in [0.2, 0.25) is 0 Å². The van der Waals surface area contributed by atoms with Crippen molar-refractivity contribution in [3.63, 3.8) is 0 Å². The van der Waals surface area contributed by atoms with Crippen LogP contribution in [-0.4, -0.2) is 44.3 Å². The highest BCUT2D eigenvalue weighted by molar-refractivity contribution is 8.13. The van der Waals surface area contributed by atoms with Crippen LogP contribution in [0.5, 0.6) is 0 Å². The number of carbonyl (C=O) groups excluding carboxylic acids is 1. The molecule has 5 rings (SSSR count). The minimum atomic E-state index is -0.553. The highest BCUT2D eigenvalue weighted by atomic mass is 32.2. The lowest BCUT2D eigenvalue weighted by Gasteiger charge is -2.44. The summed E-state index contributed by atoms with van der Waals surface area (Å²) in [5.74, 6) is 1.49. The van der Waals surface area contributed by atoms with Crippen molar-refractivity contribution in [2.45, 2.75) is 43.9 Å². The number of hydrogen-bond donors (Lipinski definition) is 2. The van der Waals surface area contributed by atoms with Crippen LogP contribution in [0.4, 0.5) is 5.82 Å². The number of thioether (sulfide) groups is 1. The molecule has 0 spiro atoms. The number of rotatable bonds is 4. The van der Waals surface area contributed by atoms with E-state index < -0.39 is 5.54 Å². The number of hydrogen-bond acceptors (Lipinski definition) is 8. The zero-order chi connectivity index (χ0) is 19.3. The summed E-state index contributed by atoms with van der Waals surface area (Å²) in [6.45, 7) is 2.55. The fourth-order valence-corrected chi connectivity index (χ4v) is 5.76. The first kappa shape index (κ1) is 18.1. The van der Waals surface area contributed by atoms with E-state index in [2.05, 4.69) is 22.3 Å². The van der Waals surface area contributed by atoms with Crippen LogP contribution in [0.3, 0.4) is 0 Å². The Balaban J connectivity index is 1.37. The van der Waals surface area contributed by atoms with Crippen LogP contribution in [0.25, 0.3) is 0 Å². The molecule has 1 amide bonds. The van der Waals surface area contributed by atoms with Gasteiger partial charge >= 0.3 is 0 Å². The number of nitrogens with two attached hydrogens (primary N) is 1. The fourth-order valence-electron chi connectivity index (χ4n) is 3.79. The lowest BCUT2D eigenvalue weighted by molar-refractivity contribution is -0.0466. The third-order valence-corrected chi connectivity index (χ3v) is 7.47. The average Bonchev–Trinajstić information content (AvgIpc) is 3.21. The molecular weight excluding hydrogens is 396 g/mol. The van der Waals surface area contributed by atoms with E-state index in [9.17, 15) is 4.79 Å². The minimum absolute atomic E-state index is 0.203. The van der Waals surface area contributed by atoms with Crippen LogP contribution in [0.15, 0.2) is 22.6 Å². The number of amides is 1. The van der Waals surface area contributed by atoms with Gasteiger partial charge in [-0.15, -0.1) is 11.3 Å². The molecule has 3 N–H and O–H groups in total. The molecule has 1 saturated heterocycles. The standard InChI is InChI=1S/C18H22N6O2S2/c1-10-6-11-7-28-17(19)22-18(11,9-26-10)16-21-14(8-27-16)20-15(25)13-4-5-24(23-13)12-2-3-12/h4-5,8,10-12H,2-3,6-7,9H2,1H3,(H2,19,22)(H,20,25)/t10-,11-,18-/m0/s1. The Bertz CT molecular complexity index is 936. The van der Waals surface area contributed by atoms with E-state index in [0.29, 0.717) is 35.2 Å². The number of fused-ring (bicyclic) bond motifs is 1. The predicted octanol–water partition coefficient (Wildman–Crippen LogP) is 2.61. The van der Waals surface area contributed by atoms with Gasteiger partial charge in [0.25, 0.3) is 5.91 Å². The number of amidine groups is 1. The van der Waals surface area contributed by atoms with Crippen LogP contribution in [0.1, 0.15) is 47.7 Å². The van der Waals surface area contributed by atoms with Crippen molar-refractivity contribution in [1.82, 2.24) is 14.8 Å². The molecule has 0 radical (unpaired) electrons. The van der Waals surface area contributed by atoms with Gasteiger partial charge in [0.05, 0.1) is 18.8 Å². The molecule has 4 heterocycles. The normalized spacial score (nSPS) is 29.8. The molecule has 2 aliphatic heterocycles. The number of ether oxygens (including phenoxy) is 1. The summed E-state index contributed by atoms with van der Waals surface area (Å²) in [6, 6.07) is 2.19. The van der Waals surface area contributed by atoms with Gasteiger partial charge in [0.2, 0.25) is 0 Å². The molecule has 8 nitrogen and oxygen atoms in total. The van der Waals surface area contributed by atoms with E-state index in [4.69, 9.17) is 15.5 Å². The minimum Gasteiger partial charge on any atom is -0.379 e. The lowest BCUT2D eigenvalue weighted by atomic mass is 9.80. The number of nitrogens with zero attached hydrogens (tertiary/aromatic N) is 4.